The standard InChI is InChI=1S/C14H20O4/c1-3-8-18-13-6-4-11(9-10(13)2)12(15)5-7-14(16)17/h4,6,9,12,15H,3,5,7-8H2,1-2H3,(H,16,17)/t12-/m0/s1. The van der Waals surface area contributed by atoms with E-state index in [1.165, 1.54) is 0 Å². The molecule has 0 saturated carbocycles. The molecule has 4 nitrogen and oxygen atoms in total. The first kappa shape index (κ1) is 14.5. The summed E-state index contributed by atoms with van der Waals surface area (Å²) >= 11 is 0. The van der Waals surface area contributed by atoms with Crippen LogP contribution in [0, 0.1) is 6.92 Å². The first-order valence-corrected chi connectivity index (χ1v) is 6.17. The molecule has 18 heavy (non-hydrogen) atoms. The monoisotopic (exact) mass is 252 g/mol. The number of rotatable bonds is 7. The van der Waals surface area contributed by atoms with E-state index in [4.69, 9.17) is 9.84 Å². The molecule has 2 N–H and O–H groups in total. The van der Waals surface area contributed by atoms with E-state index in [1.807, 2.05) is 26.0 Å². The van der Waals surface area contributed by atoms with Crippen molar-refractivity contribution >= 4 is 5.97 Å². The van der Waals surface area contributed by atoms with E-state index < -0.39 is 12.1 Å². The van der Waals surface area contributed by atoms with Gasteiger partial charge in [0.15, 0.2) is 0 Å². The minimum Gasteiger partial charge on any atom is -0.493 e. The summed E-state index contributed by atoms with van der Waals surface area (Å²) < 4.78 is 5.54. The molecule has 0 fully saturated rings. The van der Waals surface area contributed by atoms with Gasteiger partial charge in [0.1, 0.15) is 5.75 Å². The highest BCUT2D eigenvalue weighted by Gasteiger charge is 2.11. The molecular formula is C14H20O4. The maximum atomic E-state index is 10.4. The second-order valence-corrected chi connectivity index (χ2v) is 4.32. The summed E-state index contributed by atoms with van der Waals surface area (Å²) in [5.74, 6) is -0.0836. The normalized spacial score (nSPS) is 12.2. The van der Waals surface area contributed by atoms with Gasteiger partial charge in [-0.3, -0.25) is 4.79 Å². The largest absolute Gasteiger partial charge is 0.493 e. The van der Waals surface area contributed by atoms with Gasteiger partial charge in [0.2, 0.25) is 0 Å². The average molecular weight is 252 g/mol. The lowest BCUT2D eigenvalue weighted by atomic mass is 10.0. The zero-order valence-electron chi connectivity index (χ0n) is 10.8. The highest BCUT2D eigenvalue weighted by atomic mass is 16.5. The summed E-state index contributed by atoms with van der Waals surface area (Å²) in [5.41, 5.74) is 1.69. The Morgan fingerprint density at radius 3 is 2.72 bits per heavy atom. The van der Waals surface area contributed by atoms with Gasteiger partial charge >= 0.3 is 5.97 Å². The fourth-order valence-corrected chi connectivity index (χ4v) is 1.68. The zero-order chi connectivity index (χ0) is 13.5. The van der Waals surface area contributed by atoms with Crippen LogP contribution in [0.5, 0.6) is 5.75 Å². The average Bonchev–Trinajstić information content (AvgIpc) is 2.34. The molecule has 0 saturated heterocycles. The highest BCUT2D eigenvalue weighted by molar-refractivity contribution is 5.66. The van der Waals surface area contributed by atoms with E-state index >= 15 is 0 Å². The van der Waals surface area contributed by atoms with Crippen LogP contribution in [0.3, 0.4) is 0 Å². The summed E-state index contributed by atoms with van der Waals surface area (Å²) in [5, 5.41) is 18.4. The Kier molecular flexibility index (Phi) is 5.65. The molecular weight excluding hydrogens is 232 g/mol. The molecule has 0 aliphatic heterocycles. The van der Waals surface area contributed by atoms with Gasteiger partial charge in [-0.1, -0.05) is 13.0 Å². The summed E-state index contributed by atoms with van der Waals surface area (Å²) in [6.07, 6.45) is 0.403. The van der Waals surface area contributed by atoms with Crippen LogP contribution < -0.4 is 4.74 Å². The molecule has 0 amide bonds. The van der Waals surface area contributed by atoms with Crippen molar-refractivity contribution in [1.29, 1.82) is 0 Å². The van der Waals surface area contributed by atoms with E-state index in [2.05, 4.69) is 0 Å². The molecule has 1 aromatic rings. The van der Waals surface area contributed by atoms with Crippen molar-refractivity contribution < 1.29 is 19.7 Å². The van der Waals surface area contributed by atoms with Gasteiger partial charge in [0.05, 0.1) is 12.7 Å². The summed E-state index contributed by atoms with van der Waals surface area (Å²) in [7, 11) is 0. The third-order valence-electron chi connectivity index (χ3n) is 2.68. The fraction of sp³-hybridized carbons (Fsp3) is 0.500. The van der Waals surface area contributed by atoms with Crippen LogP contribution in [0.2, 0.25) is 0 Å². The quantitative estimate of drug-likeness (QED) is 0.783. The Bertz CT molecular complexity index is 401. The van der Waals surface area contributed by atoms with Gasteiger partial charge in [0.25, 0.3) is 0 Å². The van der Waals surface area contributed by atoms with Crippen molar-refractivity contribution in [1.82, 2.24) is 0 Å². The van der Waals surface area contributed by atoms with Crippen LogP contribution in [0.25, 0.3) is 0 Å². The van der Waals surface area contributed by atoms with Crippen LogP contribution in [0.15, 0.2) is 18.2 Å². The molecule has 0 spiro atoms. The van der Waals surface area contributed by atoms with Crippen molar-refractivity contribution in [2.75, 3.05) is 6.61 Å². The number of carboxylic acids is 1. The number of ether oxygens (including phenoxy) is 1. The minimum atomic E-state index is -0.895. The van der Waals surface area contributed by atoms with Crippen LogP contribution in [-0.4, -0.2) is 22.8 Å². The van der Waals surface area contributed by atoms with Crippen molar-refractivity contribution in [2.24, 2.45) is 0 Å². The third-order valence-corrected chi connectivity index (χ3v) is 2.68. The number of aliphatic hydroxyl groups excluding tert-OH is 1. The smallest absolute Gasteiger partial charge is 0.303 e. The predicted octanol–water partition coefficient (Wildman–Crippen LogP) is 2.68. The van der Waals surface area contributed by atoms with Crippen LogP contribution in [-0.2, 0) is 4.79 Å². The lowest BCUT2D eigenvalue weighted by Crippen LogP contribution is -2.03. The van der Waals surface area contributed by atoms with Crippen LogP contribution in [0.1, 0.15) is 43.4 Å². The molecule has 0 aliphatic carbocycles. The maximum Gasteiger partial charge on any atom is 0.303 e. The number of aliphatic hydroxyl groups is 1. The van der Waals surface area contributed by atoms with Crippen molar-refractivity contribution in [3.8, 4) is 5.75 Å². The lowest BCUT2D eigenvalue weighted by Gasteiger charge is -2.13. The number of aryl methyl sites for hydroxylation is 1. The number of carboxylic acid groups (broad SMARTS) is 1. The van der Waals surface area contributed by atoms with E-state index in [0.717, 1.165) is 23.3 Å². The topological polar surface area (TPSA) is 66.8 Å². The molecule has 1 atom stereocenters. The van der Waals surface area contributed by atoms with Gasteiger partial charge in [-0.05, 0) is 43.0 Å². The van der Waals surface area contributed by atoms with E-state index in [0.29, 0.717) is 6.61 Å². The molecule has 0 radical (unpaired) electrons. The Morgan fingerprint density at radius 2 is 2.17 bits per heavy atom. The molecule has 4 heteroatoms. The highest BCUT2D eigenvalue weighted by Crippen LogP contribution is 2.25. The fourth-order valence-electron chi connectivity index (χ4n) is 1.68. The Labute approximate surface area is 107 Å². The van der Waals surface area contributed by atoms with Gasteiger partial charge in [-0.15, -0.1) is 0 Å². The first-order chi connectivity index (χ1) is 8.54. The molecule has 1 aromatic carbocycles. The summed E-state index contributed by atoms with van der Waals surface area (Å²) in [6.45, 7) is 4.62. The maximum absolute atomic E-state index is 10.4. The predicted molar refractivity (Wildman–Crippen MR) is 68.8 cm³/mol. The number of hydrogen-bond acceptors (Lipinski definition) is 3. The lowest BCUT2D eigenvalue weighted by molar-refractivity contribution is -0.137. The number of benzene rings is 1. The number of aliphatic carboxylic acids is 1. The Balaban J connectivity index is 2.67. The van der Waals surface area contributed by atoms with Crippen molar-refractivity contribution in [2.45, 2.75) is 39.2 Å². The number of carbonyl (C=O) groups is 1. The SMILES string of the molecule is CCCOc1ccc([C@@H](O)CCC(=O)O)cc1C. The second kappa shape index (κ2) is 7.01. The van der Waals surface area contributed by atoms with Gasteiger partial charge in [0, 0.05) is 6.42 Å². The van der Waals surface area contributed by atoms with Crippen molar-refractivity contribution in [3.05, 3.63) is 29.3 Å². The molecule has 0 aromatic heterocycles. The van der Waals surface area contributed by atoms with Crippen LogP contribution >= 0.6 is 0 Å². The Hall–Kier alpha value is -1.55. The number of hydrogen-bond donors (Lipinski definition) is 2. The van der Waals surface area contributed by atoms with E-state index in [9.17, 15) is 9.90 Å². The molecule has 0 heterocycles. The summed E-state index contributed by atoms with van der Waals surface area (Å²) in [4.78, 5) is 10.4. The molecule has 0 aliphatic rings. The van der Waals surface area contributed by atoms with E-state index in [1.54, 1.807) is 6.07 Å². The molecule has 0 unspecified atom stereocenters. The van der Waals surface area contributed by atoms with Gasteiger partial charge in [-0.25, -0.2) is 0 Å². The zero-order valence-corrected chi connectivity index (χ0v) is 10.8. The Morgan fingerprint density at radius 1 is 1.44 bits per heavy atom. The minimum absolute atomic E-state index is 0.0334. The van der Waals surface area contributed by atoms with E-state index in [-0.39, 0.29) is 12.8 Å². The molecule has 100 valence electrons. The third kappa shape index (κ3) is 4.37. The van der Waals surface area contributed by atoms with Crippen LogP contribution in [0.4, 0.5) is 0 Å². The van der Waals surface area contributed by atoms with Gasteiger partial charge in [-0.2, -0.15) is 0 Å². The van der Waals surface area contributed by atoms with Gasteiger partial charge < -0.3 is 14.9 Å². The summed E-state index contributed by atoms with van der Waals surface area (Å²) in [6, 6.07) is 5.45. The second-order valence-electron chi connectivity index (χ2n) is 4.32. The van der Waals surface area contributed by atoms with Crippen molar-refractivity contribution in [3.63, 3.8) is 0 Å². The molecule has 1 rings (SSSR count). The molecule has 0 bridgehead atoms. The first-order valence-electron chi connectivity index (χ1n) is 6.17.